The van der Waals surface area contributed by atoms with Crippen molar-refractivity contribution in [2.24, 2.45) is 0 Å². The second kappa shape index (κ2) is 9.31. The second-order valence-electron chi connectivity index (χ2n) is 6.96. The predicted molar refractivity (Wildman–Crippen MR) is 103 cm³/mol. The molecule has 0 aromatic heterocycles. The van der Waals surface area contributed by atoms with E-state index in [2.05, 4.69) is 19.2 Å². The molecular weight excluding hydrogens is 338 g/mol. The minimum Gasteiger partial charge on any atom is -0.326 e. The summed E-state index contributed by atoms with van der Waals surface area (Å²) in [6.45, 7) is 7.29. The predicted octanol–water partition coefficient (Wildman–Crippen LogP) is 2.27. The zero-order valence-electron chi connectivity index (χ0n) is 16.2. The van der Waals surface area contributed by atoms with E-state index in [0.717, 1.165) is 16.8 Å². The molecule has 0 saturated carbocycles. The number of nitrogens with zero attached hydrogens (tertiary/aromatic N) is 2. The van der Waals surface area contributed by atoms with Gasteiger partial charge in [-0.3, -0.25) is 4.79 Å². The Morgan fingerprint density at radius 1 is 1.16 bits per heavy atom. The van der Waals surface area contributed by atoms with Gasteiger partial charge in [0.1, 0.15) is 0 Å². The number of sulfonamides is 1. The molecular formula is C18H31N3O3S. The number of nitrogens with one attached hydrogen (secondary N) is 1. The molecule has 0 spiro atoms. The molecule has 6 nitrogen and oxygen atoms in total. The summed E-state index contributed by atoms with van der Waals surface area (Å²) in [4.78, 5) is 14.3. The highest BCUT2D eigenvalue weighted by atomic mass is 32.2. The van der Waals surface area contributed by atoms with Gasteiger partial charge in [-0.05, 0) is 38.1 Å². The summed E-state index contributed by atoms with van der Waals surface area (Å²) in [6, 6.07) is 5.95. The molecule has 7 heteroatoms. The molecule has 142 valence electrons. The van der Waals surface area contributed by atoms with E-state index in [9.17, 15) is 13.2 Å². The number of aryl methyl sites for hydroxylation is 1. The molecule has 0 fully saturated rings. The first kappa shape index (κ1) is 21.6. The van der Waals surface area contributed by atoms with Crippen LogP contribution < -0.4 is 5.32 Å². The maximum atomic E-state index is 12.4. The molecule has 0 aliphatic rings. The van der Waals surface area contributed by atoms with Gasteiger partial charge in [0.25, 0.3) is 0 Å². The van der Waals surface area contributed by atoms with Gasteiger partial charge in [0.2, 0.25) is 15.9 Å². The Balaban J connectivity index is 2.76. The van der Waals surface area contributed by atoms with Gasteiger partial charge in [0.05, 0.1) is 6.26 Å². The molecule has 0 unspecified atom stereocenters. The number of rotatable bonds is 9. The first-order valence-corrected chi connectivity index (χ1v) is 10.4. The molecule has 1 N–H and O–H groups in total. The quantitative estimate of drug-likeness (QED) is 0.725. The molecule has 0 atom stereocenters. The molecule has 25 heavy (non-hydrogen) atoms. The van der Waals surface area contributed by atoms with E-state index in [0.29, 0.717) is 19.0 Å². The van der Waals surface area contributed by atoms with E-state index >= 15 is 0 Å². The lowest BCUT2D eigenvalue weighted by molar-refractivity contribution is -0.116. The van der Waals surface area contributed by atoms with Crippen LogP contribution in [0.5, 0.6) is 0 Å². The minimum atomic E-state index is -3.33. The summed E-state index contributed by atoms with van der Waals surface area (Å²) in [7, 11) is 0.443. The van der Waals surface area contributed by atoms with Crippen molar-refractivity contribution in [3.8, 4) is 0 Å². The fourth-order valence-electron chi connectivity index (χ4n) is 2.53. The summed E-state index contributed by atoms with van der Waals surface area (Å²) in [5, 5.41) is 2.96. The van der Waals surface area contributed by atoms with Gasteiger partial charge in [-0.25, -0.2) is 12.7 Å². The molecule has 1 aromatic carbocycles. The van der Waals surface area contributed by atoms with Crippen molar-refractivity contribution in [1.29, 1.82) is 0 Å². The summed E-state index contributed by atoms with van der Waals surface area (Å²) in [6.07, 6.45) is 1.31. The molecule has 0 saturated heterocycles. The van der Waals surface area contributed by atoms with Crippen molar-refractivity contribution in [1.82, 2.24) is 9.21 Å². The normalized spacial score (nSPS) is 12.2. The topological polar surface area (TPSA) is 69.7 Å². The lowest BCUT2D eigenvalue weighted by Crippen LogP contribution is -2.37. The Labute approximate surface area is 152 Å². The smallest absolute Gasteiger partial charge is 0.225 e. The van der Waals surface area contributed by atoms with Crippen LogP contribution >= 0.6 is 0 Å². The van der Waals surface area contributed by atoms with Gasteiger partial charge in [-0.2, -0.15) is 0 Å². The molecule has 0 aliphatic carbocycles. The third kappa shape index (κ3) is 7.13. The van der Waals surface area contributed by atoms with Crippen molar-refractivity contribution in [2.75, 3.05) is 45.3 Å². The molecule has 0 radical (unpaired) electrons. The number of amides is 1. The Morgan fingerprint density at radius 2 is 1.80 bits per heavy atom. The Morgan fingerprint density at radius 3 is 2.32 bits per heavy atom. The Bertz CT molecular complexity index is 685. The van der Waals surface area contributed by atoms with Crippen LogP contribution in [0.4, 0.5) is 5.69 Å². The lowest BCUT2D eigenvalue weighted by atomic mass is 9.98. The van der Waals surface area contributed by atoms with Crippen molar-refractivity contribution in [2.45, 2.75) is 33.1 Å². The average molecular weight is 370 g/mol. The SMILES string of the molecule is Cc1cccc(C(C)C)c1NC(=O)CCN(CCN(C)C)S(C)(=O)=O. The standard InChI is InChI=1S/C18H31N3O3S/c1-14(2)16-9-7-8-15(3)18(16)19-17(22)10-11-21(25(6,23)24)13-12-20(4)5/h7-9,14H,10-13H2,1-6H3,(H,19,22). The maximum Gasteiger partial charge on any atom is 0.225 e. The molecule has 1 rings (SSSR count). The van der Waals surface area contributed by atoms with Crippen LogP contribution in [0, 0.1) is 6.92 Å². The van der Waals surface area contributed by atoms with Crippen molar-refractivity contribution in [3.05, 3.63) is 29.3 Å². The maximum absolute atomic E-state index is 12.4. The van der Waals surface area contributed by atoms with Crippen LogP contribution in [0.3, 0.4) is 0 Å². The Kier molecular flexibility index (Phi) is 8.05. The van der Waals surface area contributed by atoms with Crippen LogP contribution in [0.1, 0.15) is 37.3 Å². The van der Waals surface area contributed by atoms with E-state index in [4.69, 9.17) is 0 Å². The fourth-order valence-corrected chi connectivity index (χ4v) is 3.36. The zero-order valence-corrected chi connectivity index (χ0v) is 17.0. The van der Waals surface area contributed by atoms with Crippen LogP contribution in [-0.4, -0.2) is 63.5 Å². The average Bonchev–Trinajstić information content (AvgIpc) is 2.47. The number of hydrogen-bond donors (Lipinski definition) is 1. The van der Waals surface area contributed by atoms with Gasteiger partial charge >= 0.3 is 0 Å². The van der Waals surface area contributed by atoms with Crippen LogP contribution in [0.2, 0.25) is 0 Å². The van der Waals surface area contributed by atoms with Crippen molar-refractivity contribution < 1.29 is 13.2 Å². The van der Waals surface area contributed by atoms with Gasteiger partial charge < -0.3 is 10.2 Å². The van der Waals surface area contributed by atoms with Crippen LogP contribution in [0.25, 0.3) is 0 Å². The monoisotopic (exact) mass is 369 g/mol. The molecule has 0 aliphatic heterocycles. The number of anilines is 1. The number of carbonyl (C=O) groups is 1. The van der Waals surface area contributed by atoms with E-state index in [-0.39, 0.29) is 18.9 Å². The largest absolute Gasteiger partial charge is 0.326 e. The molecule has 0 bridgehead atoms. The summed E-state index contributed by atoms with van der Waals surface area (Å²) in [5.41, 5.74) is 2.93. The zero-order chi connectivity index (χ0) is 19.2. The van der Waals surface area contributed by atoms with Gasteiger partial charge in [0, 0.05) is 31.7 Å². The van der Waals surface area contributed by atoms with Crippen molar-refractivity contribution >= 4 is 21.6 Å². The number of likely N-dealkylation sites (N-methyl/N-ethyl adjacent to an activating group) is 1. The highest BCUT2D eigenvalue weighted by Gasteiger charge is 2.19. The van der Waals surface area contributed by atoms with Gasteiger partial charge in [-0.15, -0.1) is 0 Å². The van der Waals surface area contributed by atoms with E-state index in [1.165, 1.54) is 10.6 Å². The van der Waals surface area contributed by atoms with Crippen LogP contribution in [0.15, 0.2) is 18.2 Å². The van der Waals surface area contributed by atoms with Crippen molar-refractivity contribution in [3.63, 3.8) is 0 Å². The molecule has 1 aromatic rings. The Hall–Kier alpha value is -1.44. The number of carbonyl (C=O) groups excluding carboxylic acids is 1. The number of hydrogen-bond acceptors (Lipinski definition) is 4. The minimum absolute atomic E-state index is 0.131. The summed E-state index contributed by atoms with van der Waals surface area (Å²) in [5.74, 6) is 0.123. The van der Waals surface area contributed by atoms with Gasteiger partial charge in [0.15, 0.2) is 0 Å². The van der Waals surface area contributed by atoms with E-state index < -0.39 is 10.0 Å². The molecule has 0 heterocycles. The first-order chi connectivity index (χ1) is 11.5. The highest BCUT2D eigenvalue weighted by Crippen LogP contribution is 2.27. The van der Waals surface area contributed by atoms with Crippen LogP contribution in [-0.2, 0) is 14.8 Å². The third-order valence-corrected chi connectivity index (χ3v) is 5.35. The fraction of sp³-hybridized carbons (Fsp3) is 0.611. The second-order valence-corrected chi connectivity index (χ2v) is 8.94. The summed E-state index contributed by atoms with van der Waals surface area (Å²) < 4.78 is 25.1. The highest BCUT2D eigenvalue weighted by molar-refractivity contribution is 7.88. The van der Waals surface area contributed by atoms with E-state index in [1.807, 2.05) is 44.1 Å². The number of benzene rings is 1. The first-order valence-electron chi connectivity index (χ1n) is 8.51. The summed E-state index contributed by atoms with van der Waals surface area (Å²) >= 11 is 0. The lowest BCUT2D eigenvalue weighted by Gasteiger charge is -2.22. The van der Waals surface area contributed by atoms with E-state index in [1.54, 1.807) is 0 Å². The number of para-hydroxylation sites is 1. The molecule has 1 amide bonds. The van der Waals surface area contributed by atoms with Gasteiger partial charge in [-0.1, -0.05) is 32.0 Å². The third-order valence-electron chi connectivity index (χ3n) is 4.05.